The number of hydrogen-bond donors (Lipinski definition) is 2. The number of carbonyl (C=O) groups excluding carboxylic acids is 1. The van der Waals surface area contributed by atoms with Gasteiger partial charge in [-0.2, -0.15) is 5.06 Å². The van der Waals surface area contributed by atoms with E-state index in [1.54, 1.807) is 0 Å². The molecule has 0 aromatic heterocycles. The van der Waals surface area contributed by atoms with Crippen LogP contribution in [0.5, 0.6) is 0 Å². The lowest BCUT2D eigenvalue weighted by Gasteiger charge is -2.42. The van der Waals surface area contributed by atoms with E-state index < -0.39 is 0 Å². The summed E-state index contributed by atoms with van der Waals surface area (Å²) >= 11 is 0. The van der Waals surface area contributed by atoms with Gasteiger partial charge in [0.25, 0.3) is 5.91 Å². The van der Waals surface area contributed by atoms with E-state index in [1.807, 2.05) is 30.3 Å². The summed E-state index contributed by atoms with van der Waals surface area (Å²) in [5, 5.41) is 9.46. The van der Waals surface area contributed by atoms with Crippen LogP contribution < -0.4 is 10.6 Å². The molecule has 2 fully saturated rings. The first kappa shape index (κ1) is 24.4. The van der Waals surface area contributed by atoms with E-state index in [4.69, 9.17) is 9.57 Å². The first-order chi connectivity index (χ1) is 18.2. The van der Waals surface area contributed by atoms with Gasteiger partial charge in [0.1, 0.15) is 0 Å². The number of hydrogen-bond acceptors (Lipinski definition) is 5. The van der Waals surface area contributed by atoms with Gasteiger partial charge >= 0.3 is 0 Å². The Bertz CT molecular complexity index is 1140. The summed E-state index contributed by atoms with van der Waals surface area (Å²) in [6, 6.07) is 18.8. The quantitative estimate of drug-likeness (QED) is 0.543. The fraction of sp³-hybridized carbons (Fsp3) is 0.452. The number of nitrogens with zero attached hydrogens (tertiary/aromatic N) is 1. The third kappa shape index (κ3) is 5.11. The molecule has 2 aromatic rings. The van der Waals surface area contributed by atoms with E-state index in [-0.39, 0.29) is 17.5 Å². The third-order valence-corrected chi connectivity index (χ3v) is 8.64. The molecule has 2 aromatic carbocycles. The number of benzene rings is 2. The van der Waals surface area contributed by atoms with Crippen LogP contribution in [0.3, 0.4) is 0 Å². The molecular formula is C31H37N3O3. The van der Waals surface area contributed by atoms with Crippen molar-refractivity contribution in [1.82, 2.24) is 10.4 Å². The Morgan fingerprint density at radius 1 is 1.08 bits per heavy atom. The lowest BCUT2D eigenvalue weighted by atomic mass is 9.76. The molecule has 6 rings (SSSR count). The van der Waals surface area contributed by atoms with Crippen molar-refractivity contribution in [3.63, 3.8) is 0 Å². The van der Waals surface area contributed by atoms with Gasteiger partial charge in [-0.15, -0.1) is 0 Å². The molecule has 0 saturated carbocycles. The lowest BCUT2D eigenvalue weighted by Crippen LogP contribution is -2.53. The second-order valence-electron chi connectivity index (χ2n) is 10.8. The molecule has 3 aliphatic heterocycles. The summed E-state index contributed by atoms with van der Waals surface area (Å²) in [7, 11) is 0. The normalized spacial score (nSPS) is 28.2. The standard InChI is InChI=1S/C31H37N3O3/c35-30(24-11-5-2-6-12-24)33-31(16-20-36-21-17-31)18-22-37-34-19-15-26-28(23-9-3-1-4-10-23)32-27-14-8-7-13-25(27)29(26)34/h1-9,11-14,23,26,28-29,32H,10,15-22H2,(H,33,35)/t23?,26-,28+,29+/m1/s1. The van der Waals surface area contributed by atoms with Crippen molar-refractivity contribution in [2.24, 2.45) is 11.8 Å². The van der Waals surface area contributed by atoms with Gasteiger partial charge in [0.15, 0.2) is 0 Å². The maximum absolute atomic E-state index is 13.0. The fourth-order valence-electron chi connectivity index (χ4n) is 6.62. The zero-order valence-corrected chi connectivity index (χ0v) is 21.4. The Balaban J connectivity index is 1.15. The van der Waals surface area contributed by atoms with Crippen LogP contribution in [0, 0.1) is 11.8 Å². The first-order valence-electron chi connectivity index (χ1n) is 13.8. The highest BCUT2D eigenvalue weighted by molar-refractivity contribution is 5.94. The van der Waals surface area contributed by atoms with Crippen LogP contribution in [0.4, 0.5) is 5.69 Å². The smallest absolute Gasteiger partial charge is 0.251 e. The second-order valence-corrected chi connectivity index (χ2v) is 10.8. The average molecular weight is 500 g/mol. The SMILES string of the molecule is O=C(NC1(CCON2CC[C@@H]3[C@H](C4C=CC=CC4)Nc4ccccc4[C@@H]32)CCOCC1)c1ccccc1. The van der Waals surface area contributed by atoms with Crippen LogP contribution in [0.2, 0.25) is 0 Å². The maximum Gasteiger partial charge on any atom is 0.251 e. The number of nitrogens with one attached hydrogen (secondary N) is 2. The van der Waals surface area contributed by atoms with Crippen molar-refractivity contribution in [3.05, 3.63) is 90.0 Å². The molecule has 0 radical (unpaired) electrons. The molecule has 1 aliphatic carbocycles. The Kier molecular flexibility index (Phi) is 7.14. The van der Waals surface area contributed by atoms with E-state index in [0.717, 1.165) is 38.6 Å². The van der Waals surface area contributed by atoms with Crippen LogP contribution in [0.25, 0.3) is 0 Å². The minimum atomic E-state index is -0.307. The molecule has 6 nitrogen and oxygen atoms in total. The van der Waals surface area contributed by atoms with Crippen LogP contribution in [0.15, 0.2) is 78.9 Å². The van der Waals surface area contributed by atoms with Gasteiger partial charge in [-0.3, -0.25) is 9.63 Å². The molecule has 1 unspecified atom stereocenters. The van der Waals surface area contributed by atoms with Crippen molar-refractivity contribution in [3.8, 4) is 0 Å². The highest BCUT2D eigenvalue weighted by Crippen LogP contribution is 2.48. The summed E-state index contributed by atoms with van der Waals surface area (Å²) in [6.45, 7) is 2.81. The summed E-state index contributed by atoms with van der Waals surface area (Å²) in [5.41, 5.74) is 2.94. The zero-order chi connectivity index (χ0) is 25.1. The molecule has 6 heteroatoms. The second kappa shape index (κ2) is 10.8. The molecule has 3 heterocycles. The molecule has 0 bridgehead atoms. The molecule has 1 amide bonds. The van der Waals surface area contributed by atoms with Crippen molar-refractivity contribution in [2.75, 3.05) is 31.7 Å². The number of allylic oxidation sites excluding steroid dienone is 3. The highest BCUT2D eigenvalue weighted by atomic mass is 16.7. The number of ether oxygens (including phenoxy) is 1. The predicted molar refractivity (Wildman–Crippen MR) is 145 cm³/mol. The topological polar surface area (TPSA) is 62.8 Å². The summed E-state index contributed by atoms with van der Waals surface area (Å²) < 4.78 is 5.65. The Morgan fingerprint density at radius 3 is 2.70 bits per heavy atom. The van der Waals surface area contributed by atoms with Crippen LogP contribution in [0.1, 0.15) is 54.1 Å². The molecule has 194 valence electrons. The van der Waals surface area contributed by atoms with Crippen LogP contribution >= 0.6 is 0 Å². The van der Waals surface area contributed by atoms with Crippen molar-refractivity contribution in [1.29, 1.82) is 0 Å². The monoisotopic (exact) mass is 499 g/mol. The lowest BCUT2D eigenvalue weighted by molar-refractivity contribution is -0.181. The highest BCUT2D eigenvalue weighted by Gasteiger charge is 2.47. The Hall–Kier alpha value is -2.93. The molecule has 2 N–H and O–H groups in total. The van der Waals surface area contributed by atoms with Gasteiger partial charge < -0.3 is 15.4 Å². The minimum absolute atomic E-state index is 0.0200. The molecular weight excluding hydrogens is 462 g/mol. The molecule has 2 saturated heterocycles. The number of hydroxylamine groups is 2. The zero-order valence-electron chi connectivity index (χ0n) is 21.4. The van der Waals surface area contributed by atoms with E-state index in [0.29, 0.717) is 43.3 Å². The van der Waals surface area contributed by atoms with E-state index in [2.05, 4.69) is 64.3 Å². The number of amides is 1. The Morgan fingerprint density at radius 2 is 1.89 bits per heavy atom. The van der Waals surface area contributed by atoms with Crippen LogP contribution in [-0.4, -0.2) is 48.9 Å². The van der Waals surface area contributed by atoms with E-state index in [1.165, 1.54) is 11.3 Å². The minimum Gasteiger partial charge on any atom is -0.381 e. The van der Waals surface area contributed by atoms with Gasteiger partial charge in [-0.25, -0.2) is 0 Å². The van der Waals surface area contributed by atoms with E-state index in [9.17, 15) is 4.79 Å². The number of fused-ring (bicyclic) bond motifs is 3. The number of rotatable bonds is 7. The predicted octanol–water partition coefficient (Wildman–Crippen LogP) is 5.28. The largest absolute Gasteiger partial charge is 0.381 e. The third-order valence-electron chi connectivity index (χ3n) is 8.64. The van der Waals surface area contributed by atoms with Crippen molar-refractivity contribution >= 4 is 11.6 Å². The fourth-order valence-corrected chi connectivity index (χ4v) is 6.62. The number of anilines is 1. The average Bonchev–Trinajstić information content (AvgIpc) is 3.38. The molecule has 4 aliphatic rings. The van der Waals surface area contributed by atoms with Crippen molar-refractivity contribution < 1.29 is 14.4 Å². The molecule has 4 atom stereocenters. The van der Waals surface area contributed by atoms with Gasteiger partial charge in [0.2, 0.25) is 0 Å². The summed E-state index contributed by atoms with van der Waals surface area (Å²) in [5.74, 6) is 0.962. The van der Waals surface area contributed by atoms with Crippen LogP contribution in [-0.2, 0) is 9.57 Å². The molecule has 0 spiro atoms. The summed E-state index contributed by atoms with van der Waals surface area (Å²) in [4.78, 5) is 19.6. The summed E-state index contributed by atoms with van der Waals surface area (Å²) in [6.07, 6.45) is 13.5. The number of para-hydroxylation sites is 1. The Labute approximate surface area is 219 Å². The first-order valence-corrected chi connectivity index (χ1v) is 13.8. The number of carbonyl (C=O) groups is 1. The maximum atomic E-state index is 13.0. The van der Waals surface area contributed by atoms with Gasteiger partial charge in [-0.05, 0) is 55.9 Å². The molecule has 37 heavy (non-hydrogen) atoms. The van der Waals surface area contributed by atoms with Gasteiger partial charge in [-0.1, -0.05) is 60.7 Å². The van der Waals surface area contributed by atoms with Crippen molar-refractivity contribution in [2.45, 2.75) is 49.7 Å². The van der Waals surface area contributed by atoms with E-state index >= 15 is 0 Å². The van der Waals surface area contributed by atoms with Gasteiger partial charge in [0, 0.05) is 54.4 Å². The van der Waals surface area contributed by atoms with Gasteiger partial charge in [0.05, 0.1) is 12.6 Å².